The van der Waals surface area contributed by atoms with Crippen molar-refractivity contribution in [1.29, 1.82) is 0 Å². The molecule has 4 rings (SSSR count). The standard InChI is InChI=1S/C23H23FN4O/c24-19-3-7-22(8-4-19)28-14-11-17(16-28)15-26-23(29)18-1-5-20(6-2-18)27-21-9-12-25-13-10-21/h1-10,12-13,17H,11,14-16H2,(H,25,27)(H,26,29). The number of pyridine rings is 1. The SMILES string of the molecule is O=C(NCC1CCN(c2ccc(F)cc2)C1)c1ccc(Nc2ccncc2)cc1. The van der Waals surface area contributed by atoms with Gasteiger partial charge in [-0.3, -0.25) is 9.78 Å². The van der Waals surface area contributed by atoms with Crippen LogP contribution in [0.3, 0.4) is 0 Å². The van der Waals surface area contributed by atoms with Crippen molar-refractivity contribution < 1.29 is 9.18 Å². The van der Waals surface area contributed by atoms with Crippen molar-refractivity contribution in [3.63, 3.8) is 0 Å². The van der Waals surface area contributed by atoms with Crippen molar-refractivity contribution in [2.24, 2.45) is 5.92 Å². The minimum Gasteiger partial charge on any atom is -0.371 e. The first-order chi connectivity index (χ1) is 14.2. The Balaban J connectivity index is 1.27. The van der Waals surface area contributed by atoms with Crippen molar-refractivity contribution in [3.05, 3.63) is 84.4 Å². The van der Waals surface area contributed by atoms with Gasteiger partial charge in [-0.05, 0) is 73.0 Å². The summed E-state index contributed by atoms with van der Waals surface area (Å²) < 4.78 is 13.1. The summed E-state index contributed by atoms with van der Waals surface area (Å²) in [6.07, 6.45) is 4.46. The van der Waals surface area contributed by atoms with Crippen molar-refractivity contribution >= 4 is 23.0 Å². The molecule has 1 unspecified atom stereocenters. The highest BCUT2D eigenvalue weighted by molar-refractivity contribution is 5.94. The smallest absolute Gasteiger partial charge is 0.251 e. The van der Waals surface area contributed by atoms with Crippen molar-refractivity contribution in [2.45, 2.75) is 6.42 Å². The lowest BCUT2D eigenvalue weighted by atomic mass is 10.1. The molecule has 5 nitrogen and oxygen atoms in total. The van der Waals surface area contributed by atoms with E-state index in [1.165, 1.54) is 12.1 Å². The summed E-state index contributed by atoms with van der Waals surface area (Å²) in [5, 5.41) is 6.31. The fourth-order valence-electron chi connectivity index (χ4n) is 3.53. The van der Waals surface area contributed by atoms with Gasteiger partial charge in [-0.2, -0.15) is 0 Å². The minimum atomic E-state index is -0.223. The van der Waals surface area contributed by atoms with E-state index in [0.29, 0.717) is 18.0 Å². The summed E-state index contributed by atoms with van der Waals surface area (Å²) in [4.78, 5) is 18.7. The van der Waals surface area contributed by atoms with Crippen molar-refractivity contribution in [2.75, 3.05) is 29.9 Å². The molecule has 6 heteroatoms. The van der Waals surface area contributed by atoms with Gasteiger partial charge in [-0.1, -0.05) is 0 Å². The second-order valence-electron chi connectivity index (χ2n) is 7.23. The Bertz CT molecular complexity index is 945. The Labute approximate surface area is 169 Å². The summed E-state index contributed by atoms with van der Waals surface area (Å²) >= 11 is 0. The lowest BCUT2D eigenvalue weighted by molar-refractivity contribution is 0.0948. The number of aromatic nitrogens is 1. The maximum absolute atomic E-state index is 13.1. The number of rotatable bonds is 6. The third kappa shape index (κ3) is 4.90. The second kappa shape index (κ2) is 8.73. The predicted octanol–water partition coefficient (Wildman–Crippen LogP) is 4.22. The lowest BCUT2D eigenvalue weighted by Gasteiger charge is -2.19. The van der Waals surface area contributed by atoms with Crippen molar-refractivity contribution in [3.8, 4) is 0 Å². The molecule has 1 aliphatic rings. The van der Waals surface area contributed by atoms with Crippen LogP contribution in [-0.4, -0.2) is 30.5 Å². The molecule has 1 fully saturated rings. The third-order valence-electron chi connectivity index (χ3n) is 5.15. The molecular formula is C23H23FN4O. The van der Waals surface area contributed by atoms with E-state index in [2.05, 4.69) is 20.5 Å². The number of nitrogens with zero attached hydrogens (tertiary/aromatic N) is 2. The summed E-state index contributed by atoms with van der Waals surface area (Å²) in [6, 6.07) is 17.8. The molecule has 0 aliphatic carbocycles. The van der Waals surface area contributed by atoms with Crippen LogP contribution in [-0.2, 0) is 0 Å². The molecule has 1 aromatic heterocycles. The number of hydrogen-bond acceptors (Lipinski definition) is 4. The van der Waals surface area contributed by atoms with Crippen LogP contribution in [0.1, 0.15) is 16.8 Å². The Hall–Kier alpha value is -3.41. The van der Waals surface area contributed by atoms with Gasteiger partial charge in [0.25, 0.3) is 5.91 Å². The fourth-order valence-corrected chi connectivity index (χ4v) is 3.53. The Kier molecular flexibility index (Phi) is 5.70. The fraction of sp³-hybridized carbons (Fsp3) is 0.217. The van der Waals surface area contributed by atoms with Gasteiger partial charge in [0.05, 0.1) is 0 Å². The average Bonchev–Trinajstić information content (AvgIpc) is 3.23. The highest BCUT2D eigenvalue weighted by atomic mass is 19.1. The molecule has 2 N–H and O–H groups in total. The molecule has 1 atom stereocenters. The van der Waals surface area contributed by atoms with E-state index in [-0.39, 0.29) is 11.7 Å². The number of halogens is 1. The average molecular weight is 390 g/mol. The predicted molar refractivity (Wildman–Crippen MR) is 113 cm³/mol. The van der Waals surface area contributed by atoms with Crippen LogP contribution in [0.15, 0.2) is 73.1 Å². The highest BCUT2D eigenvalue weighted by Gasteiger charge is 2.23. The monoisotopic (exact) mass is 390 g/mol. The van der Waals surface area contributed by atoms with E-state index in [0.717, 1.165) is 36.6 Å². The van der Waals surface area contributed by atoms with Gasteiger partial charge in [-0.15, -0.1) is 0 Å². The largest absolute Gasteiger partial charge is 0.371 e. The van der Waals surface area contributed by atoms with Crippen LogP contribution in [0.25, 0.3) is 0 Å². The second-order valence-corrected chi connectivity index (χ2v) is 7.23. The number of carbonyl (C=O) groups excluding carboxylic acids is 1. The number of amides is 1. The van der Waals surface area contributed by atoms with Gasteiger partial charge in [-0.25, -0.2) is 4.39 Å². The molecule has 2 heterocycles. The normalized spacial score (nSPS) is 15.9. The van der Waals surface area contributed by atoms with E-state index in [4.69, 9.17) is 0 Å². The number of hydrogen-bond donors (Lipinski definition) is 2. The van der Waals surface area contributed by atoms with Gasteiger partial charge in [0, 0.05) is 54.7 Å². The van der Waals surface area contributed by atoms with Crippen molar-refractivity contribution in [1.82, 2.24) is 10.3 Å². The van der Waals surface area contributed by atoms with Gasteiger partial charge < -0.3 is 15.5 Å². The zero-order valence-electron chi connectivity index (χ0n) is 16.0. The Morgan fingerprint density at radius 3 is 2.41 bits per heavy atom. The molecule has 0 saturated carbocycles. The first-order valence-electron chi connectivity index (χ1n) is 9.73. The molecule has 148 valence electrons. The van der Waals surface area contributed by atoms with Gasteiger partial charge in [0.15, 0.2) is 0 Å². The summed E-state index contributed by atoms with van der Waals surface area (Å²) in [6.45, 7) is 2.41. The molecule has 0 spiro atoms. The van der Waals surface area contributed by atoms with Crippen LogP contribution in [0.2, 0.25) is 0 Å². The highest BCUT2D eigenvalue weighted by Crippen LogP contribution is 2.23. The van der Waals surface area contributed by atoms with Gasteiger partial charge in [0.2, 0.25) is 0 Å². The first-order valence-corrected chi connectivity index (χ1v) is 9.73. The number of anilines is 3. The Morgan fingerprint density at radius 2 is 1.69 bits per heavy atom. The molecule has 29 heavy (non-hydrogen) atoms. The zero-order valence-corrected chi connectivity index (χ0v) is 16.0. The van der Waals surface area contributed by atoms with E-state index >= 15 is 0 Å². The van der Waals surface area contributed by atoms with E-state index in [9.17, 15) is 9.18 Å². The van der Waals surface area contributed by atoms with Crippen LogP contribution in [0, 0.1) is 11.7 Å². The van der Waals surface area contributed by atoms with E-state index in [1.54, 1.807) is 24.5 Å². The van der Waals surface area contributed by atoms with E-state index < -0.39 is 0 Å². The maximum Gasteiger partial charge on any atom is 0.251 e. The molecule has 2 aromatic carbocycles. The summed E-state index contributed by atoms with van der Waals surface area (Å²) in [7, 11) is 0. The number of nitrogens with one attached hydrogen (secondary N) is 2. The maximum atomic E-state index is 13.1. The molecule has 0 radical (unpaired) electrons. The lowest BCUT2D eigenvalue weighted by Crippen LogP contribution is -2.31. The molecule has 1 amide bonds. The summed E-state index contributed by atoms with van der Waals surface area (Å²) in [5.41, 5.74) is 3.53. The molecule has 1 saturated heterocycles. The number of carbonyl (C=O) groups is 1. The quantitative estimate of drug-likeness (QED) is 0.662. The molecule has 1 aliphatic heterocycles. The zero-order chi connectivity index (χ0) is 20.1. The summed E-state index contributed by atoms with van der Waals surface area (Å²) in [5.74, 6) is 0.0936. The third-order valence-corrected chi connectivity index (χ3v) is 5.15. The molecular weight excluding hydrogens is 367 g/mol. The Morgan fingerprint density at radius 1 is 1.00 bits per heavy atom. The molecule has 3 aromatic rings. The minimum absolute atomic E-state index is 0.0688. The van der Waals surface area contributed by atoms with Gasteiger partial charge >= 0.3 is 0 Å². The van der Waals surface area contributed by atoms with Crippen LogP contribution < -0.4 is 15.5 Å². The van der Waals surface area contributed by atoms with Crippen LogP contribution in [0.5, 0.6) is 0 Å². The number of benzene rings is 2. The van der Waals surface area contributed by atoms with Gasteiger partial charge in [0.1, 0.15) is 5.82 Å². The topological polar surface area (TPSA) is 57.3 Å². The van der Waals surface area contributed by atoms with Crippen LogP contribution in [0.4, 0.5) is 21.5 Å². The first kappa shape index (κ1) is 18.9. The van der Waals surface area contributed by atoms with E-state index in [1.807, 2.05) is 36.4 Å². The van der Waals surface area contributed by atoms with Crippen LogP contribution >= 0.6 is 0 Å². The molecule has 0 bridgehead atoms.